The summed E-state index contributed by atoms with van der Waals surface area (Å²) in [6.45, 7) is 0.629. The van der Waals surface area contributed by atoms with E-state index in [-0.39, 0.29) is 0 Å². The standard InChI is InChI=1S/C23H28BrNO6/c1-28-17-9-7-10-18(29-2)21(17)22(25-11-6-5-8-16(25)23(26)27)14-12-19(30-3)20(31-4)13-15(14)24/h7,9-10,12-13,16,22H,5-6,8,11H2,1-4H3,(H,26,27). The molecule has 3 rings (SSSR count). The van der Waals surface area contributed by atoms with Crippen molar-refractivity contribution in [2.45, 2.75) is 31.3 Å². The van der Waals surface area contributed by atoms with Crippen LogP contribution in [0.2, 0.25) is 0 Å². The number of piperidine rings is 1. The maximum absolute atomic E-state index is 12.2. The van der Waals surface area contributed by atoms with Crippen LogP contribution in [0.1, 0.15) is 36.4 Å². The van der Waals surface area contributed by atoms with Gasteiger partial charge >= 0.3 is 5.97 Å². The Bertz CT molecular complexity index is 912. The van der Waals surface area contributed by atoms with Crippen molar-refractivity contribution in [1.29, 1.82) is 0 Å². The number of carboxylic acids is 1. The number of hydrogen-bond acceptors (Lipinski definition) is 6. The van der Waals surface area contributed by atoms with Crippen molar-refractivity contribution in [2.24, 2.45) is 0 Å². The molecule has 0 radical (unpaired) electrons. The first-order chi connectivity index (χ1) is 15.0. The van der Waals surface area contributed by atoms with Gasteiger partial charge in [-0.2, -0.15) is 0 Å². The molecule has 2 atom stereocenters. The van der Waals surface area contributed by atoms with Crippen molar-refractivity contribution in [3.8, 4) is 23.0 Å². The number of carboxylic acid groups (broad SMARTS) is 1. The highest BCUT2D eigenvalue weighted by molar-refractivity contribution is 9.10. The van der Waals surface area contributed by atoms with E-state index in [4.69, 9.17) is 18.9 Å². The highest BCUT2D eigenvalue weighted by Crippen LogP contribution is 2.47. The van der Waals surface area contributed by atoms with Gasteiger partial charge in [0.2, 0.25) is 0 Å². The molecule has 0 bridgehead atoms. The van der Waals surface area contributed by atoms with Crippen molar-refractivity contribution in [3.05, 3.63) is 45.9 Å². The lowest BCUT2D eigenvalue weighted by Crippen LogP contribution is -2.47. The number of rotatable bonds is 8. The molecule has 1 heterocycles. The maximum Gasteiger partial charge on any atom is 0.320 e. The lowest BCUT2D eigenvalue weighted by atomic mass is 9.90. The molecule has 0 aromatic heterocycles. The largest absolute Gasteiger partial charge is 0.496 e. The summed E-state index contributed by atoms with van der Waals surface area (Å²) in [4.78, 5) is 14.2. The minimum absolute atomic E-state index is 0.443. The molecule has 31 heavy (non-hydrogen) atoms. The van der Waals surface area contributed by atoms with Gasteiger partial charge in [-0.25, -0.2) is 0 Å². The Balaban J connectivity index is 2.30. The Labute approximate surface area is 191 Å². The van der Waals surface area contributed by atoms with Crippen LogP contribution in [0.3, 0.4) is 0 Å². The van der Waals surface area contributed by atoms with Crippen molar-refractivity contribution in [3.63, 3.8) is 0 Å². The number of carbonyl (C=O) groups is 1. The maximum atomic E-state index is 12.2. The van der Waals surface area contributed by atoms with Crippen molar-refractivity contribution in [1.82, 2.24) is 4.90 Å². The molecule has 0 aliphatic carbocycles. The number of methoxy groups -OCH3 is 4. The topological polar surface area (TPSA) is 77.5 Å². The van der Waals surface area contributed by atoms with Crippen LogP contribution in [0, 0.1) is 0 Å². The zero-order valence-electron chi connectivity index (χ0n) is 18.2. The van der Waals surface area contributed by atoms with E-state index in [1.165, 1.54) is 0 Å². The molecule has 7 nitrogen and oxygen atoms in total. The van der Waals surface area contributed by atoms with Gasteiger partial charge in [-0.15, -0.1) is 0 Å². The van der Waals surface area contributed by atoms with E-state index in [1.807, 2.05) is 35.2 Å². The lowest BCUT2D eigenvalue weighted by molar-refractivity contribution is -0.145. The lowest BCUT2D eigenvalue weighted by Gasteiger charge is -2.40. The molecule has 1 fully saturated rings. The van der Waals surface area contributed by atoms with Gasteiger partial charge < -0.3 is 24.1 Å². The van der Waals surface area contributed by atoms with E-state index in [9.17, 15) is 9.90 Å². The van der Waals surface area contributed by atoms with Crippen molar-refractivity contribution in [2.75, 3.05) is 35.0 Å². The number of benzene rings is 2. The Hall–Kier alpha value is -2.45. The summed E-state index contributed by atoms with van der Waals surface area (Å²) in [6, 6.07) is 8.22. The first-order valence-corrected chi connectivity index (χ1v) is 10.9. The van der Waals surface area contributed by atoms with E-state index in [1.54, 1.807) is 28.4 Å². The average Bonchev–Trinajstić information content (AvgIpc) is 2.80. The second kappa shape index (κ2) is 10.2. The summed E-state index contributed by atoms with van der Waals surface area (Å²) in [5.74, 6) is 1.55. The van der Waals surface area contributed by atoms with E-state index in [0.717, 1.165) is 28.4 Å². The molecule has 0 spiro atoms. The zero-order valence-corrected chi connectivity index (χ0v) is 19.8. The van der Waals surface area contributed by atoms with E-state index in [0.29, 0.717) is 36.0 Å². The number of hydrogen-bond donors (Lipinski definition) is 1. The second-order valence-corrected chi connectivity index (χ2v) is 8.15. The fraction of sp³-hybridized carbons (Fsp3) is 0.435. The summed E-state index contributed by atoms with van der Waals surface area (Å²) in [7, 11) is 6.36. The van der Waals surface area contributed by atoms with Crippen LogP contribution in [-0.4, -0.2) is 57.0 Å². The van der Waals surface area contributed by atoms with Crippen LogP contribution in [0.5, 0.6) is 23.0 Å². The van der Waals surface area contributed by atoms with E-state index < -0.39 is 18.1 Å². The van der Waals surface area contributed by atoms with Crippen LogP contribution in [0.4, 0.5) is 0 Å². The Morgan fingerprint density at radius 1 is 1.00 bits per heavy atom. The SMILES string of the molecule is COc1cc(Br)c(C(c2c(OC)cccc2OC)N2CCCCC2C(=O)O)cc1OC. The predicted molar refractivity (Wildman–Crippen MR) is 121 cm³/mol. The fourth-order valence-corrected chi connectivity index (χ4v) is 4.80. The van der Waals surface area contributed by atoms with E-state index in [2.05, 4.69) is 15.9 Å². The Kier molecular flexibility index (Phi) is 7.67. The Morgan fingerprint density at radius 2 is 1.58 bits per heavy atom. The van der Waals surface area contributed by atoms with E-state index >= 15 is 0 Å². The van der Waals surface area contributed by atoms with Gasteiger partial charge in [0.1, 0.15) is 17.5 Å². The molecule has 8 heteroatoms. The molecule has 2 aromatic rings. The highest BCUT2D eigenvalue weighted by atomic mass is 79.9. The first-order valence-electron chi connectivity index (χ1n) is 10.1. The van der Waals surface area contributed by atoms with Gasteiger partial charge in [-0.3, -0.25) is 9.69 Å². The van der Waals surface area contributed by atoms with Gasteiger partial charge in [-0.05, 0) is 49.2 Å². The average molecular weight is 494 g/mol. The molecular formula is C23H28BrNO6. The molecule has 2 aromatic carbocycles. The molecule has 0 saturated carbocycles. The van der Waals surface area contributed by atoms with Crippen LogP contribution >= 0.6 is 15.9 Å². The summed E-state index contributed by atoms with van der Waals surface area (Å²) in [6.07, 6.45) is 2.35. The molecule has 0 amide bonds. The Morgan fingerprint density at radius 3 is 2.13 bits per heavy atom. The summed E-state index contributed by atoms with van der Waals surface area (Å²) >= 11 is 3.67. The zero-order chi connectivity index (χ0) is 22.5. The van der Waals surface area contributed by atoms with Crippen LogP contribution < -0.4 is 18.9 Å². The third-order valence-electron chi connectivity index (χ3n) is 5.70. The molecule has 1 aliphatic rings. The number of ether oxygens (including phenoxy) is 4. The highest BCUT2D eigenvalue weighted by Gasteiger charge is 2.39. The van der Waals surface area contributed by atoms with Gasteiger partial charge in [-0.1, -0.05) is 28.4 Å². The van der Waals surface area contributed by atoms with Gasteiger partial charge in [0, 0.05) is 4.47 Å². The minimum atomic E-state index is -0.838. The number of likely N-dealkylation sites (tertiary alicyclic amines) is 1. The van der Waals surface area contributed by atoms with Crippen LogP contribution in [0.25, 0.3) is 0 Å². The number of aliphatic carboxylic acids is 1. The molecule has 1 aliphatic heterocycles. The summed E-state index contributed by atoms with van der Waals surface area (Å²) in [5.41, 5.74) is 1.61. The monoisotopic (exact) mass is 493 g/mol. The van der Waals surface area contributed by atoms with Crippen LogP contribution in [0.15, 0.2) is 34.8 Å². The third-order valence-corrected chi connectivity index (χ3v) is 6.38. The molecule has 1 N–H and O–H groups in total. The number of halogens is 1. The first kappa shape index (κ1) is 23.2. The molecular weight excluding hydrogens is 466 g/mol. The smallest absolute Gasteiger partial charge is 0.320 e. The quantitative estimate of drug-likeness (QED) is 0.579. The summed E-state index contributed by atoms with van der Waals surface area (Å²) < 4.78 is 23.2. The third kappa shape index (κ3) is 4.60. The predicted octanol–water partition coefficient (Wildman–Crippen LogP) is 4.51. The van der Waals surface area contributed by atoms with Gasteiger partial charge in [0.15, 0.2) is 11.5 Å². The number of nitrogens with zero attached hydrogens (tertiary/aromatic N) is 1. The van der Waals surface area contributed by atoms with Crippen LogP contribution in [-0.2, 0) is 4.79 Å². The second-order valence-electron chi connectivity index (χ2n) is 7.30. The van der Waals surface area contributed by atoms with Crippen molar-refractivity contribution >= 4 is 21.9 Å². The molecule has 168 valence electrons. The van der Waals surface area contributed by atoms with Gasteiger partial charge in [0.05, 0.1) is 40.0 Å². The van der Waals surface area contributed by atoms with Gasteiger partial charge in [0.25, 0.3) is 0 Å². The van der Waals surface area contributed by atoms with Crippen molar-refractivity contribution < 1.29 is 28.8 Å². The molecule has 1 saturated heterocycles. The minimum Gasteiger partial charge on any atom is -0.496 e. The summed E-state index contributed by atoms with van der Waals surface area (Å²) in [5, 5.41) is 10.00. The molecule has 2 unspecified atom stereocenters. The fourth-order valence-electron chi connectivity index (χ4n) is 4.26. The normalized spacial score (nSPS) is 17.6.